The van der Waals surface area contributed by atoms with Gasteiger partial charge in [0.2, 0.25) is 0 Å². The summed E-state index contributed by atoms with van der Waals surface area (Å²) in [7, 11) is 0. The van der Waals surface area contributed by atoms with Gasteiger partial charge in [0, 0.05) is 11.4 Å². The molecule has 7 heteroatoms. The van der Waals surface area contributed by atoms with Crippen LogP contribution in [0.5, 0.6) is 5.75 Å². The van der Waals surface area contributed by atoms with Crippen molar-refractivity contribution in [3.63, 3.8) is 0 Å². The molecule has 2 aromatic rings. The second kappa shape index (κ2) is 6.96. The number of nitrogens with zero attached hydrogens (tertiary/aromatic N) is 1. The van der Waals surface area contributed by atoms with E-state index in [1.807, 2.05) is 0 Å². The summed E-state index contributed by atoms with van der Waals surface area (Å²) < 4.78 is 44.5. The lowest BCUT2D eigenvalue weighted by atomic mass is 10.0. The third-order valence-electron chi connectivity index (χ3n) is 4.02. The fraction of sp³-hybridized carbons (Fsp3) is 0.278. The Hall–Kier alpha value is -2.21. The van der Waals surface area contributed by atoms with Crippen LogP contribution in [0.15, 0.2) is 48.5 Å². The van der Waals surface area contributed by atoms with Gasteiger partial charge in [0.1, 0.15) is 12.4 Å². The summed E-state index contributed by atoms with van der Waals surface area (Å²) in [5.41, 5.74) is -0.342. The minimum atomic E-state index is -4.51. The first-order valence-corrected chi connectivity index (χ1v) is 8.24. The highest BCUT2D eigenvalue weighted by Gasteiger charge is 2.35. The molecule has 1 heterocycles. The number of carbonyl (C=O) groups is 1. The predicted molar refractivity (Wildman–Crippen MR) is 89.3 cm³/mol. The smallest absolute Gasteiger partial charge is 0.416 e. The van der Waals surface area contributed by atoms with Gasteiger partial charge in [-0.1, -0.05) is 18.2 Å². The highest BCUT2D eigenvalue weighted by Crippen LogP contribution is 2.36. The molecular formula is C18H15ClF3NO2. The molecule has 3 rings (SSSR count). The lowest BCUT2D eigenvalue weighted by Crippen LogP contribution is -2.47. The Bertz CT molecular complexity index is 779. The van der Waals surface area contributed by atoms with Crippen molar-refractivity contribution in [1.82, 2.24) is 0 Å². The van der Waals surface area contributed by atoms with Crippen molar-refractivity contribution in [2.24, 2.45) is 0 Å². The molecule has 0 saturated heterocycles. The van der Waals surface area contributed by atoms with E-state index in [9.17, 15) is 18.0 Å². The van der Waals surface area contributed by atoms with E-state index in [0.29, 0.717) is 23.7 Å². The quantitative estimate of drug-likeness (QED) is 0.731. The molecule has 1 aliphatic heterocycles. The van der Waals surface area contributed by atoms with E-state index < -0.39 is 17.6 Å². The zero-order chi connectivity index (χ0) is 18.0. The summed E-state index contributed by atoms with van der Waals surface area (Å²) in [6.45, 7) is 0.244. The zero-order valence-electron chi connectivity index (χ0n) is 13.1. The fourth-order valence-electron chi connectivity index (χ4n) is 2.82. The minimum Gasteiger partial charge on any atom is -0.489 e. The van der Waals surface area contributed by atoms with Crippen LogP contribution in [-0.4, -0.2) is 24.4 Å². The van der Waals surface area contributed by atoms with Crippen LogP contribution in [0.2, 0.25) is 0 Å². The Kier molecular flexibility index (Phi) is 4.90. The molecule has 0 aliphatic carbocycles. The predicted octanol–water partition coefficient (Wildman–Crippen LogP) is 4.74. The molecule has 2 aromatic carbocycles. The number of anilines is 1. The van der Waals surface area contributed by atoms with E-state index in [0.717, 1.165) is 12.1 Å². The number of ether oxygens (including phenoxy) is 1. The van der Waals surface area contributed by atoms with Gasteiger partial charge in [-0.15, -0.1) is 11.6 Å². The second-order valence-corrected chi connectivity index (χ2v) is 6.04. The van der Waals surface area contributed by atoms with Crippen LogP contribution in [0.3, 0.4) is 0 Å². The summed E-state index contributed by atoms with van der Waals surface area (Å²) >= 11 is 5.82. The number of hydrogen-bond acceptors (Lipinski definition) is 2. The molecule has 0 aromatic heterocycles. The van der Waals surface area contributed by atoms with Crippen LogP contribution in [-0.2, 0) is 6.18 Å². The maximum absolute atomic E-state index is 13.0. The maximum Gasteiger partial charge on any atom is 0.416 e. The molecule has 1 amide bonds. The Morgan fingerprint density at radius 3 is 2.68 bits per heavy atom. The van der Waals surface area contributed by atoms with Crippen LogP contribution in [0.4, 0.5) is 18.9 Å². The summed E-state index contributed by atoms with van der Waals surface area (Å²) in [4.78, 5) is 14.5. The van der Waals surface area contributed by atoms with Gasteiger partial charge in [-0.05, 0) is 36.8 Å². The van der Waals surface area contributed by atoms with Crippen LogP contribution >= 0.6 is 11.6 Å². The van der Waals surface area contributed by atoms with Gasteiger partial charge in [0.25, 0.3) is 5.91 Å². The molecule has 0 radical (unpaired) electrons. The Balaban J connectivity index is 2.01. The molecule has 0 spiro atoms. The van der Waals surface area contributed by atoms with E-state index in [4.69, 9.17) is 16.3 Å². The average molecular weight is 370 g/mol. The van der Waals surface area contributed by atoms with E-state index in [1.165, 1.54) is 17.0 Å². The summed E-state index contributed by atoms with van der Waals surface area (Å²) in [6.07, 6.45) is -4.03. The molecule has 0 N–H and O–H groups in total. The number of fused-ring (bicyclic) bond motifs is 1. The first kappa shape index (κ1) is 17.6. The molecule has 3 nitrogen and oxygen atoms in total. The van der Waals surface area contributed by atoms with Crippen molar-refractivity contribution in [3.05, 3.63) is 59.7 Å². The number of benzene rings is 2. The first-order valence-electron chi connectivity index (χ1n) is 7.70. The summed E-state index contributed by atoms with van der Waals surface area (Å²) in [5, 5.41) is 0. The molecular weight excluding hydrogens is 355 g/mol. The molecule has 0 bridgehead atoms. The van der Waals surface area contributed by atoms with E-state index in [-0.39, 0.29) is 18.2 Å². The number of para-hydroxylation sites is 2. The van der Waals surface area contributed by atoms with Crippen molar-refractivity contribution in [1.29, 1.82) is 0 Å². The third kappa shape index (κ3) is 3.58. The second-order valence-electron chi connectivity index (χ2n) is 5.66. The SMILES string of the molecule is O=C(c1cccc(C(F)(F)F)c1)N1c2ccccc2OCC1CCCl. The van der Waals surface area contributed by atoms with Crippen molar-refractivity contribution < 1.29 is 22.7 Å². The molecule has 1 unspecified atom stereocenters. The number of rotatable bonds is 3. The normalized spacial score (nSPS) is 17.0. The molecule has 132 valence electrons. The fourth-order valence-corrected chi connectivity index (χ4v) is 3.07. The standard InChI is InChI=1S/C18H15ClF3NO2/c19-9-8-14-11-25-16-7-2-1-6-15(16)23(14)17(24)12-4-3-5-13(10-12)18(20,21)22/h1-7,10,14H,8-9,11H2. The average Bonchev–Trinajstić information content (AvgIpc) is 2.60. The number of carbonyl (C=O) groups excluding carboxylic acids is 1. The topological polar surface area (TPSA) is 29.5 Å². The van der Waals surface area contributed by atoms with Crippen LogP contribution in [0.25, 0.3) is 0 Å². The van der Waals surface area contributed by atoms with E-state index in [2.05, 4.69) is 0 Å². The molecule has 0 fully saturated rings. The van der Waals surface area contributed by atoms with Gasteiger partial charge in [-0.25, -0.2) is 0 Å². The summed E-state index contributed by atoms with van der Waals surface area (Å²) in [5.74, 6) is 0.327. The number of halogens is 4. The molecule has 0 saturated carbocycles. The van der Waals surface area contributed by atoms with E-state index in [1.54, 1.807) is 24.3 Å². The molecule has 1 atom stereocenters. The first-order chi connectivity index (χ1) is 11.9. The van der Waals surface area contributed by atoms with Crippen molar-refractivity contribution in [2.45, 2.75) is 18.6 Å². The molecule has 25 heavy (non-hydrogen) atoms. The van der Waals surface area contributed by atoms with Crippen LogP contribution in [0, 0.1) is 0 Å². The largest absolute Gasteiger partial charge is 0.489 e. The van der Waals surface area contributed by atoms with Gasteiger partial charge in [-0.2, -0.15) is 13.2 Å². The van der Waals surface area contributed by atoms with Gasteiger partial charge in [-0.3, -0.25) is 9.69 Å². The molecule has 1 aliphatic rings. The Morgan fingerprint density at radius 2 is 1.96 bits per heavy atom. The minimum absolute atomic E-state index is 0.0221. The summed E-state index contributed by atoms with van der Waals surface area (Å²) in [6, 6.07) is 11.0. The third-order valence-corrected chi connectivity index (χ3v) is 4.24. The van der Waals surface area contributed by atoms with Gasteiger partial charge < -0.3 is 4.74 Å². The van der Waals surface area contributed by atoms with Gasteiger partial charge >= 0.3 is 6.18 Å². The number of amides is 1. The maximum atomic E-state index is 13.0. The Morgan fingerprint density at radius 1 is 1.20 bits per heavy atom. The number of alkyl halides is 4. The highest BCUT2D eigenvalue weighted by molar-refractivity contribution is 6.18. The monoisotopic (exact) mass is 369 g/mol. The van der Waals surface area contributed by atoms with Crippen molar-refractivity contribution in [2.75, 3.05) is 17.4 Å². The van der Waals surface area contributed by atoms with Crippen molar-refractivity contribution in [3.8, 4) is 5.75 Å². The lowest BCUT2D eigenvalue weighted by Gasteiger charge is -2.37. The highest BCUT2D eigenvalue weighted by atomic mass is 35.5. The van der Waals surface area contributed by atoms with Crippen molar-refractivity contribution >= 4 is 23.2 Å². The van der Waals surface area contributed by atoms with Crippen LogP contribution < -0.4 is 9.64 Å². The zero-order valence-corrected chi connectivity index (χ0v) is 13.8. The lowest BCUT2D eigenvalue weighted by molar-refractivity contribution is -0.137. The number of hydrogen-bond donors (Lipinski definition) is 0. The Labute approximate surface area is 148 Å². The van der Waals surface area contributed by atoms with E-state index >= 15 is 0 Å². The van der Waals surface area contributed by atoms with Gasteiger partial charge in [0.05, 0.1) is 17.3 Å². The van der Waals surface area contributed by atoms with Gasteiger partial charge in [0.15, 0.2) is 0 Å². The van der Waals surface area contributed by atoms with Crippen LogP contribution in [0.1, 0.15) is 22.3 Å².